The molecule has 0 aliphatic rings. The molecule has 4 heteroatoms. The molecule has 3 nitrogen and oxygen atoms in total. The van der Waals surface area contributed by atoms with Crippen molar-refractivity contribution < 1.29 is 9.84 Å². The number of aromatic hydroxyl groups is 1. The molecule has 0 heterocycles. The van der Waals surface area contributed by atoms with Crippen LogP contribution in [0.25, 0.3) is 0 Å². The summed E-state index contributed by atoms with van der Waals surface area (Å²) in [6, 6.07) is 11.4. The van der Waals surface area contributed by atoms with Gasteiger partial charge in [-0.15, -0.1) is 0 Å². The van der Waals surface area contributed by atoms with Crippen LogP contribution in [-0.4, -0.2) is 12.2 Å². The van der Waals surface area contributed by atoms with Crippen molar-refractivity contribution in [3.63, 3.8) is 0 Å². The first-order valence-electron chi connectivity index (χ1n) is 5.95. The highest BCUT2D eigenvalue weighted by Crippen LogP contribution is 2.25. The van der Waals surface area contributed by atoms with Crippen molar-refractivity contribution in [2.24, 2.45) is 0 Å². The van der Waals surface area contributed by atoms with Crippen LogP contribution < -0.4 is 10.1 Å². The number of benzene rings is 2. The van der Waals surface area contributed by atoms with E-state index in [1.54, 1.807) is 13.2 Å². The number of anilines is 1. The van der Waals surface area contributed by atoms with E-state index in [1.807, 2.05) is 25.1 Å². The molecule has 0 saturated heterocycles. The molecule has 2 rings (SSSR count). The first-order valence-corrected chi connectivity index (χ1v) is 6.75. The molecule has 0 saturated carbocycles. The molecule has 0 aliphatic carbocycles. The normalized spacial score (nSPS) is 10.3. The van der Waals surface area contributed by atoms with Gasteiger partial charge in [0.1, 0.15) is 11.5 Å². The molecule has 100 valence electrons. The van der Waals surface area contributed by atoms with Gasteiger partial charge in [-0.3, -0.25) is 0 Å². The van der Waals surface area contributed by atoms with Crippen molar-refractivity contribution in [3.8, 4) is 11.5 Å². The third kappa shape index (κ3) is 3.64. The predicted octanol–water partition coefficient (Wildman–Crippen LogP) is 4.08. The SMILES string of the molecule is COc1ccc(CNc2cc(C)cc(Br)c2)c(O)c1. The number of halogens is 1. The van der Waals surface area contributed by atoms with E-state index in [0.29, 0.717) is 12.3 Å². The Balaban J connectivity index is 2.10. The molecule has 0 aliphatic heterocycles. The summed E-state index contributed by atoms with van der Waals surface area (Å²) < 4.78 is 6.09. The van der Waals surface area contributed by atoms with E-state index < -0.39 is 0 Å². The van der Waals surface area contributed by atoms with E-state index in [0.717, 1.165) is 15.7 Å². The molecule has 0 radical (unpaired) electrons. The van der Waals surface area contributed by atoms with Gasteiger partial charge in [-0.05, 0) is 42.8 Å². The molecular weight excluding hydrogens is 306 g/mol. The van der Waals surface area contributed by atoms with Crippen LogP contribution in [0.2, 0.25) is 0 Å². The monoisotopic (exact) mass is 321 g/mol. The van der Waals surface area contributed by atoms with Crippen LogP contribution in [0.15, 0.2) is 40.9 Å². The predicted molar refractivity (Wildman–Crippen MR) is 80.9 cm³/mol. The molecule has 0 amide bonds. The van der Waals surface area contributed by atoms with Crippen molar-refractivity contribution in [1.29, 1.82) is 0 Å². The fraction of sp³-hybridized carbons (Fsp3) is 0.200. The Kier molecular flexibility index (Phi) is 4.32. The number of hydrogen-bond donors (Lipinski definition) is 2. The summed E-state index contributed by atoms with van der Waals surface area (Å²) >= 11 is 3.47. The van der Waals surface area contributed by atoms with Crippen molar-refractivity contribution in [2.45, 2.75) is 13.5 Å². The third-order valence-corrected chi connectivity index (χ3v) is 3.28. The van der Waals surface area contributed by atoms with Crippen molar-refractivity contribution in [3.05, 3.63) is 52.0 Å². The van der Waals surface area contributed by atoms with E-state index in [1.165, 1.54) is 5.56 Å². The number of phenolic OH excluding ortho intramolecular Hbond substituents is 1. The summed E-state index contributed by atoms with van der Waals surface area (Å²) in [5.41, 5.74) is 3.02. The van der Waals surface area contributed by atoms with Gasteiger partial charge < -0.3 is 15.2 Å². The zero-order valence-electron chi connectivity index (χ0n) is 10.9. The smallest absolute Gasteiger partial charge is 0.124 e. The van der Waals surface area contributed by atoms with Gasteiger partial charge in [0, 0.05) is 28.3 Å². The lowest BCUT2D eigenvalue weighted by atomic mass is 10.1. The first-order chi connectivity index (χ1) is 9.08. The highest BCUT2D eigenvalue weighted by Gasteiger charge is 2.03. The summed E-state index contributed by atoms with van der Waals surface area (Å²) in [7, 11) is 1.58. The van der Waals surface area contributed by atoms with E-state index in [2.05, 4.69) is 33.4 Å². The Hall–Kier alpha value is -1.68. The van der Waals surface area contributed by atoms with Gasteiger partial charge in [-0.25, -0.2) is 0 Å². The van der Waals surface area contributed by atoms with Gasteiger partial charge in [0.25, 0.3) is 0 Å². The van der Waals surface area contributed by atoms with Gasteiger partial charge in [0.05, 0.1) is 7.11 Å². The van der Waals surface area contributed by atoms with Crippen LogP contribution in [0, 0.1) is 6.92 Å². The van der Waals surface area contributed by atoms with Crippen LogP contribution in [0.4, 0.5) is 5.69 Å². The molecule has 0 fully saturated rings. The first kappa shape index (κ1) is 13.7. The average Bonchev–Trinajstić information content (AvgIpc) is 2.36. The van der Waals surface area contributed by atoms with Crippen LogP contribution >= 0.6 is 15.9 Å². The quantitative estimate of drug-likeness (QED) is 0.891. The van der Waals surface area contributed by atoms with Crippen molar-refractivity contribution in [2.75, 3.05) is 12.4 Å². The summed E-state index contributed by atoms with van der Waals surface area (Å²) in [4.78, 5) is 0. The van der Waals surface area contributed by atoms with Crippen LogP contribution in [0.3, 0.4) is 0 Å². The number of methoxy groups -OCH3 is 1. The minimum absolute atomic E-state index is 0.235. The number of ether oxygens (including phenoxy) is 1. The van der Waals surface area contributed by atoms with E-state index in [-0.39, 0.29) is 5.75 Å². The number of hydrogen-bond acceptors (Lipinski definition) is 3. The van der Waals surface area contributed by atoms with Gasteiger partial charge in [0.2, 0.25) is 0 Å². The summed E-state index contributed by atoms with van der Waals surface area (Å²) in [6.45, 7) is 2.60. The lowest BCUT2D eigenvalue weighted by Crippen LogP contribution is -2.00. The number of rotatable bonds is 4. The van der Waals surface area contributed by atoms with Crippen LogP contribution in [-0.2, 0) is 6.54 Å². The van der Waals surface area contributed by atoms with Gasteiger partial charge >= 0.3 is 0 Å². The molecular formula is C15H16BrNO2. The van der Waals surface area contributed by atoms with Crippen LogP contribution in [0.5, 0.6) is 11.5 Å². The lowest BCUT2D eigenvalue weighted by molar-refractivity contribution is 0.406. The maximum atomic E-state index is 9.88. The highest BCUT2D eigenvalue weighted by atomic mass is 79.9. The van der Waals surface area contributed by atoms with E-state index >= 15 is 0 Å². The topological polar surface area (TPSA) is 41.5 Å². The molecule has 2 aromatic carbocycles. The maximum Gasteiger partial charge on any atom is 0.124 e. The molecule has 2 aromatic rings. The molecule has 0 bridgehead atoms. The van der Waals surface area contributed by atoms with Crippen molar-refractivity contribution in [1.82, 2.24) is 0 Å². The Bertz CT molecular complexity index is 564. The highest BCUT2D eigenvalue weighted by molar-refractivity contribution is 9.10. The Morgan fingerprint density at radius 2 is 2.00 bits per heavy atom. The number of phenols is 1. The Morgan fingerprint density at radius 1 is 1.21 bits per heavy atom. The largest absolute Gasteiger partial charge is 0.507 e. The minimum Gasteiger partial charge on any atom is -0.507 e. The van der Waals surface area contributed by atoms with Gasteiger partial charge in [-0.2, -0.15) is 0 Å². The van der Waals surface area contributed by atoms with Gasteiger partial charge in [0.15, 0.2) is 0 Å². The zero-order chi connectivity index (χ0) is 13.8. The molecule has 0 unspecified atom stereocenters. The Morgan fingerprint density at radius 3 is 2.63 bits per heavy atom. The summed E-state index contributed by atoms with van der Waals surface area (Å²) in [6.07, 6.45) is 0. The second-order valence-corrected chi connectivity index (χ2v) is 5.28. The minimum atomic E-state index is 0.235. The second-order valence-electron chi connectivity index (χ2n) is 4.37. The number of aryl methyl sites for hydroxylation is 1. The third-order valence-electron chi connectivity index (χ3n) is 2.82. The maximum absolute atomic E-state index is 9.88. The van der Waals surface area contributed by atoms with Crippen molar-refractivity contribution >= 4 is 21.6 Å². The second kappa shape index (κ2) is 5.97. The number of nitrogens with one attached hydrogen (secondary N) is 1. The molecule has 0 aromatic heterocycles. The molecule has 0 atom stereocenters. The van der Waals surface area contributed by atoms with Crippen LogP contribution in [0.1, 0.15) is 11.1 Å². The standard InChI is InChI=1S/C15H16BrNO2/c1-10-5-12(16)7-13(6-10)17-9-11-3-4-14(19-2)8-15(11)18/h3-8,17-18H,9H2,1-2H3. The summed E-state index contributed by atoms with van der Waals surface area (Å²) in [5, 5.41) is 13.2. The lowest BCUT2D eigenvalue weighted by Gasteiger charge is -2.10. The van der Waals surface area contributed by atoms with E-state index in [9.17, 15) is 5.11 Å². The molecule has 0 spiro atoms. The summed E-state index contributed by atoms with van der Waals surface area (Å²) in [5.74, 6) is 0.887. The zero-order valence-corrected chi connectivity index (χ0v) is 12.5. The fourth-order valence-corrected chi connectivity index (χ4v) is 2.46. The van der Waals surface area contributed by atoms with E-state index in [4.69, 9.17) is 4.74 Å². The average molecular weight is 322 g/mol. The molecule has 2 N–H and O–H groups in total. The fourth-order valence-electron chi connectivity index (χ4n) is 1.86. The Labute approximate surface area is 121 Å². The van der Waals surface area contributed by atoms with Gasteiger partial charge in [-0.1, -0.05) is 15.9 Å². The molecule has 19 heavy (non-hydrogen) atoms.